The van der Waals surface area contributed by atoms with Crippen LogP contribution in [0.2, 0.25) is 4.34 Å². The second-order valence-electron chi connectivity index (χ2n) is 3.68. The molecule has 1 unspecified atom stereocenters. The second kappa shape index (κ2) is 5.80. The molecule has 1 saturated heterocycles. The molecule has 0 saturated carbocycles. The lowest BCUT2D eigenvalue weighted by molar-refractivity contribution is 0.0168. The maximum atomic E-state index is 5.79. The van der Waals surface area contributed by atoms with Gasteiger partial charge in [0, 0.05) is 19.7 Å². The average molecular weight is 247 g/mol. The van der Waals surface area contributed by atoms with Gasteiger partial charge in [0.1, 0.15) is 9.34 Å². The molecule has 0 aromatic carbocycles. The Kier molecular flexibility index (Phi) is 4.38. The number of rotatable bonds is 4. The molecule has 2 rings (SSSR count). The van der Waals surface area contributed by atoms with Gasteiger partial charge in [-0.05, 0) is 19.3 Å². The Morgan fingerprint density at radius 2 is 2.53 bits per heavy atom. The Bertz CT molecular complexity index is 299. The van der Waals surface area contributed by atoms with Crippen LogP contribution in [0.1, 0.15) is 24.3 Å². The van der Waals surface area contributed by atoms with Crippen LogP contribution in [0.5, 0.6) is 0 Å². The first kappa shape index (κ1) is 11.3. The van der Waals surface area contributed by atoms with E-state index in [2.05, 4.69) is 10.3 Å². The highest BCUT2D eigenvalue weighted by atomic mass is 35.5. The Morgan fingerprint density at radius 3 is 3.20 bits per heavy atom. The highest BCUT2D eigenvalue weighted by molar-refractivity contribution is 7.15. The minimum Gasteiger partial charge on any atom is -0.377 e. The SMILES string of the molecule is Clc1cnc(CNCC2CCCCO2)s1. The van der Waals surface area contributed by atoms with Crippen molar-refractivity contribution in [3.63, 3.8) is 0 Å². The van der Waals surface area contributed by atoms with Crippen LogP contribution >= 0.6 is 22.9 Å². The molecular weight excluding hydrogens is 232 g/mol. The summed E-state index contributed by atoms with van der Waals surface area (Å²) in [5.41, 5.74) is 0. The largest absolute Gasteiger partial charge is 0.377 e. The van der Waals surface area contributed by atoms with Crippen molar-refractivity contribution >= 4 is 22.9 Å². The predicted molar refractivity (Wildman–Crippen MR) is 62.4 cm³/mol. The zero-order valence-electron chi connectivity index (χ0n) is 8.54. The van der Waals surface area contributed by atoms with Gasteiger partial charge in [-0.1, -0.05) is 11.6 Å². The van der Waals surface area contributed by atoms with Crippen molar-refractivity contribution in [3.8, 4) is 0 Å². The van der Waals surface area contributed by atoms with Crippen LogP contribution in [-0.2, 0) is 11.3 Å². The van der Waals surface area contributed by atoms with Gasteiger partial charge >= 0.3 is 0 Å². The Labute approximate surface area is 98.8 Å². The van der Waals surface area contributed by atoms with Gasteiger partial charge < -0.3 is 10.1 Å². The average Bonchev–Trinajstić information content (AvgIpc) is 2.66. The zero-order chi connectivity index (χ0) is 10.5. The van der Waals surface area contributed by atoms with E-state index in [1.54, 1.807) is 6.20 Å². The van der Waals surface area contributed by atoms with E-state index < -0.39 is 0 Å². The van der Waals surface area contributed by atoms with Gasteiger partial charge in [-0.2, -0.15) is 0 Å². The monoisotopic (exact) mass is 246 g/mol. The van der Waals surface area contributed by atoms with E-state index in [1.165, 1.54) is 30.6 Å². The fourth-order valence-electron chi connectivity index (χ4n) is 1.68. The van der Waals surface area contributed by atoms with E-state index in [0.29, 0.717) is 6.10 Å². The highest BCUT2D eigenvalue weighted by Gasteiger charge is 2.13. The molecule has 1 N–H and O–H groups in total. The number of nitrogens with one attached hydrogen (secondary N) is 1. The number of halogens is 1. The molecule has 0 aliphatic carbocycles. The van der Waals surface area contributed by atoms with Crippen molar-refractivity contribution in [1.82, 2.24) is 10.3 Å². The lowest BCUT2D eigenvalue weighted by Crippen LogP contribution is -2.31. The Hall–Kier alpha value is -0.160. The van der Waals surface area contributed by atoms with Crippen molar-refractivity contribution < 1.29 is 4.74 Å². The number of hydrogen-bond acceptors (Lipinski definition) is 4. The van der Waals surface area contributed by atoms with Crippen LogP contribution in [0.25, 0.3) is 0 Å². The summed E-state index contributed by atoms with van der Waals surface area (Å²) in [4.78, 5) is 4.18. The molecule has 1 atom stereocenters. The van der Waals surface area contributed by atoms with Crippen molar-refractivity contribution in [2.45, 2.75) is 31.9 Å². The molecule has 5 heteroatoms. The first-order valence-electron chi connectivity index (χ1n) is 5.27. The molecule has 1 fully saturated rings. The molecule has 1 aromatic heterocycles. The van der Waals surface area contributed by atoms with Crippen molar-refractivity contribution in [3.05, 3.63) is 15.5 Å². The van der Waals surface area contributed by atoms with Gasteiger partial charge in [-0.3, -0.25) is 0 Å². The lowest BCUT2D eigenvalue weighted by atomic mass is 10.1. The van der Waals surface area contributed by atoms with Gasteiger partial charge in [0.05, 0.1) is 12.3 Å². The summed E-state index contributed by atoms with van der Waals surface area (Å²) in [6.07, 6.45) is 5.74. The molecule has 1 aliphatic heterocycles. The van der Waals surface area contributed by atoms with E-state index in [0.717, 1.165) is 29.0 Å². The van der Waals surface area contributed by atoms with Gasteiger partial charge in [-0.15, -0.1) is 11.3 Å². The van der Waals surface area contributed by atoms with Crippen LogP contribution in [0.3, 0.4) is 0 Å². The molecular formula is C10H15ClN2OS. The minimum absolute atomic E-state index is 0.384. The number of hydrogen-bond donors (Lipinski definition) is 1. The summed E-state index contributed by atoms with van der Waals surface area (Å²) in [6, 6.07) is 0. The standard InChI is InChI=1S/C10H15ClN2OS/c11-9-6-13-10(15-9)7-12-5-8-3-1-2-4-14-8/h6,8,12H,1-5,7H2. The number of ether oxygens (including phenoxy) is 1. The van der Waals surface area contributed by atoms with Crippen LogP contribution in [0.4, 0.5) is 0 Å². The third kappa shape index (κ3) is 3.72. The molecule has 1 aromatic rings. The molecule has 2 heterocycles. The molecule has 84 valence electrons. The third-order valence-electron chi connectivity index (χ3n) is 2.45. The Balaban J connectivity index is 1.65. The van der Waals surface area contributed by atoms with E-state index in [-0.39, 0.29) is 0 Å². The minimum atomic E-state index is 0.384. The van der Waals surface area contributed by atoms with Gasteiger partial charge in [0.25, 0.3) is 0 Å². The van der Waals surface area contributed by atoms with E-state index in [4.69, 9.17) is 16.3 Å². The summed E-state index contributed by atoms with van der Waals surface area (Å²) in [5.74, 6) is 0. The first-order chi connectivity index (χ1) is 7.34. The first-order valence-corrected chi connectivity index (χ1v) is 6.46. The van der Waals surface area contributed by atoms with Crippen molar-refractivity contribution in [2.24, 2.45) is 0 Å². The van der Waals surface area contributed by atoms with Crippen LogP contribution in [-0.4, -0.2) is 24.2 Å². The molecule has 3 nitrogen and oxygen atoms in total. The zero-order valence-corrected chi connectivity index (χ0v) is 10.1. The molecule has 0 spiro atoms. The Morgan fingerprint density at radius 1 is 1.60 bits per heavy atom. The highest BCUT2D eigenvalue weighted by Crippen LogP contribution is 2.18. The molecule has 15 heavy (non-hydrogen) atoms. The van der Waals surface area contributed by atoms with Crippen LogP contribution in [0.15, 0.2) is 6.20 Å². The second-order valence-corrected chi connectivity index (χ2v) is 5.42. The maximum Gasteiger partial charge on any atom is 0.113 e. The number of thiazole rings is 1. The van der Waals surface area contributed by atoms with Gasteiger partial charge in [-0.25, -0.2) is 4.98 Å². The molecule has 0 radical (unpaired) electrons. The lowest BCUT2D eigenvalue weighted by Gasteiger charge is -2.22. The number of aromatic nitrogens is 1. The van der Waals surface area contributed by atoms with E-state index in [1.807, 2.05) is 0 Å². The number of nitrogens with zero attached hydrogens (tertiary/aromatic N) is 1. The van der Waals surface area contributed by atoms with E-state index >= 15 is 0 Å². The third-order valence-corrected chi connectivity index (χ3v) is 3.56. The fraction of sp³-hybridized carbons (Fsp3) is 0.700. The smallest absolute Gasteiger partial charge is 0.113 e. The molecule has 1 aliphatic rings. The maximum absolute atomic E-state index is 5.79. The summed E-state index contributed by atoms with van der Waals surface area (Å²) in [5, 5.41) is 4.39. The molecule has 0 amide bonds. The van der Waals surface area contributed by atoms with Crippen molar-refractivity contribution in [2.75, 3.05) is 13.2 Å². The topological polar surface area (TPSA) is 34.2 Å². The summed E-state index contributed by atoms with van der Waals surface area (Å²) >= 11 is 7.32. The normalized spacial score (nSPS) is 21.8. The van der Waals surface area contributed by atoms with Crippen LogP contribution < -0.4 is 5.32 Å². The summed E-state index contributed by atoms with van der Waals surface area (Å²) < 4.78 is 6.37. The predicted octanol–water partition coefficient (Wildman–Crippen LogP) is 2.46. The van der Waals surface area contributed by atoms with Gasteiger partial charge in [0.15, 0.2) is 0 Å². The quantitative estimate of drug-likeness (QED) is 0.886. The molecule has 0 bridgehead atoms. The fourth-order valence-corrected chi connectivity index (χ4v) is 2.60. The van der Waals surface area contributed by atoms with Crippen LogP contribution in [0, 0.1) is 0 Å². The van der Waals surface area contributed by atoms with Gasteiger partial charge in [0.2, 0.25) is 0 Å². The summed E-state index contributed by atoms with van der Waals surface area (Å²) in [7, 11) is 0. The van der Waals surface area contributed by atoms with E-state index in [9.17, 15) is 0 Å². The van der Waals surface area contributed by atoms with Crippen molar-refractivity contribution in [1.29, 1.82) is 0 Å². The summed E-state index contributed by atoms with van der Waals surface area (Å²) in [6.45, 7) is 2.61.